The van der Waals surface area contributed by atoms with E-state index in [1.165, 1.54) is 38.5 Å². The molecule has 0 N–H and O–H groups in total. The monoisotopic (exact) mass is 785 g/mol. The summed E-state index contributed by atoms with van der Waals surface area (Å²) in [5.74, 6) is 1.24. The first-order chi connectivity index (χ1) is 22.5. The van der Waals surface area contributed by atoms with Crippen LogP contribution in [-0.2, 0) is 21.1 Å². The van der Waals surface area contributed by atoms with Crippen LogP contribution in [0.15, 0.2) is 103 Å². The summed E-state index contributed by atoms with van der Waals surface area (Å²) in [6.07, 6.45) is 4.00. The van der Waals surface area contributed by atoms with Crippen LogP contribution in [0, 0.1) is 32.9 Å². The summed E-state index contributed by atoms with van der Waals surface area (Å²) in [4.78, 5) is 9.98. The van der Waals surface area contributed by atoms with E-state index in [1.807, 2.05) is 24.4 Å². The first-order valence-corrected chi connectivity index (χ1v) is 15.5. The van der Waals surface area contributed by atoms with Gasteiger partial charge in [-0.25, -0.2) is 4.98 Å². The van der Waals surface area contributed by atoms with Crippen LogP contribution in [0.3, 0.4) is 0 Å². The summed E-state index contributed by atoms with van der Waals surface area (Å²) in [5, 5.41) is 7.80. The molecular weight excluding hydrogens is 760 g/mol. The van der Waals surface area contributed by atoms with Gasteiger partial charge in [0.15, 0.2) is 0 Å². The maximum Gasteiger partial charge on any atom is 2.00 e. The van der Waals surface area contributed by atoms with Crippen molar-refractivity contribution in [3.8, 4) is 22.8 Å². The second kappa shape index (κ2) is 10.1. The van der Waals surface area contributed by atoms with Crippen LogP contribution in [0.5, 0.6) is 11.5 Å². The Bertz CT molecular complexity index is 2860. The molecule has 0 saturated heterocycles. The molecule has 10 aromatic rings. The number of hydrogen-bond donors (Lipinski definition) is 0. The van der Waals surface area contributed by atoms with E-state index in [2.05, 4.69) is 121 Å². The van der Waals surface area contributed by atoms with E-state index in [4.69, 9.17) is 14.7 Å². The second-order valence-corrected chi connectivity index (χ2v) is 12.3. The zero-order chi connectivity index (χ0) is 30.7. The smallest absolute Gasteiger partial charge is 0.503 e. The van der Waals surface area contributed by atoms with Crippen molar-refractivity contribution in [2.45, 2.75) is 20.8 Å². The van der Waals surface area contributed by atoms with Gasteiger partial charge in [0, 0.05) is 51.3 Å². The minimum Gasteiger partial charge on any atom is -0.503 e. The topological polar surface area (TPSA) is 43.8 Å². The number of pyridine rings is 2. The predicted molar refractivity (Wildman–Crippen MR) is 186 cm³/mol. The molecule has 226 valence electrons. The molecule has 0 unspecified atom stereocenters. The van der Waals surface area contributed by atoms with E-state index in [9.17, 15) is 0 Å². The Labute approximate surface area is 284 Å². The summed E-state index contributed by atoms with van der Waals surface area (Å²) >= 11 is 0. The van der Waals surface area contributed by atoms with Crippen LogP contribution in [0.2, 0.25) is 0 Å². The number of aryl methyl sites for hydroxylation is 3. The first kappa shape index (κ1) is 28.0. The van der Waals surface area contributed by atoms with Gasteiger partial charge in [-0.15, -0.1) is 29.7 Å². The Balaban J connectivity index is 0.00000302. The fraction of sp³-hybridized carbons (Fsp3) is 0.0732. The van der Waals surface area contributed by atoms with Crippen molar-refractivity contribution >= 4 is 65.5 Å². The van der Waals surface area contributed by atoms with Crippen LogP contribution >= 0.6 is 0 Å². The molecule has 0 atom stereocenters. The minimum atomic E-state index is 0. The van der Waals surface area contributed by atoms with Crippen molar-refractivity contribution in [1.82, 2.24) is 18.8 Å². The number of para-hydroxylation sites is 2. The summed E-state index contributed by atoms with van der Waals surface area (Å²) in [6, 6.07) is 38.9. The number of benzene rings is 5. The maximum atomic E-state index is 6.52. The molecule has 10 rings (SSSR count). The Morgan fingerprint density at radius 3 is 2.19 bits per heavy atom. The van der Waals surface area contributed by atoms with Gasteiger partial charge in [0.25, 0.3) is 0 Å². The Morgan fingerprint density at radius 1 is 0.660 bits per heavy atom. The Kier molecular flexibility index (Phi) is 6.03. The van der Waals surface area contributed by atoms with E-state index in [1.54, 1.807) is 0 Å². The Morgan fingerprint density at radius 2 is 1.36 bits per heavy atom. The number of fused-ring (bicyclic) bond motifs is 12. The zero-order valence-electron chi connectivity index (χ0n) is 25.8. The van der Waals surface area contributed by atoms with Gasteiger partial charge in [-0.2, -0.15) is 6.07 Å². The standard InChI is InChI=1S/C41H26N4O.Pt/c1-23-18-24(2)38(25(3)19-23)35-22-44-36-12-5-4-8-29(36)28-15-13-26(20-34(28)41(44)43-35)46-27-14-16-30-31-9-6-10-32-33-11-7-17-42-40(33)45(39(31)32)37(30)21-27;/h4-19,22H,1-3H3;/q-2;+2. The van der Waals surface area contributed by atoms with Crippen LogP contribution in [0.1, 0.15) is 16.7 Å². The number of ether oxygens (including phenoxy) is 1. The molecule has 0 aliphatic rings. The van der Waals surface area contributed by atoms with Gasteiger partial charge in [-0.05, 0) is 60.9 Å². The summed E-state index contributed by atoms with van der Waals surface area (Å²) in [6.45, 7) is 6.47. The van der Waals surface area contributed by atoms with Gasteiger partial charge >= 0.3 is 21.1 Å². The fourth-order valence-electron chi connectivity index (χ4n) is 7.65. The maximum absolute atomic E-state index is 6.52. The average molecular weight is 786 g/mol. The molecule has 5 aromatic carbocycles. The van der Waals surface area contributed by atoms with E-state index in [0.29, 0.717) is 11.5 Å². The van der Waals surface area contributed by atoms with E-state index < -0.39 is 0 Å². The number of hydrogen-bond acceptors (Lipinski definition) is 3. The average Bonchev–Trinajstić information content (AvgIpc) is 3.74. The largest absolute Gasteiger partial charge is 2.00 e. The molecule has 6 heteroatoms. The van der Waals surface area contributed by atoms with Gasteiger partial charge in [-0.1, -0.05) is 76.4 Å². The zero-order valence-corrected chi connectivity index (χ0v) is 28.1. The van der Waals surface area contributed by atoms with E-state index in [0.717, 1.165) is 55.0 Å². The molecular formula is C41H26N4OPt. The first-order valence-electron chi connectivity index (χ1n) is 15.5. The van der Waals surface area contributed by atoms with Crippen LogP contribution in [0.25, 0.3) is 76.8 Å². The third-order valence-electron chi connectivity index (χ3n) is 9.42. The van der Waals surface area contributed by atoms with Crippen LogP contribution < -0.4 is 4.74 Å². The van der Waals surface area contributed by atoms with Crippen molar-refractivity contribution in [3.05, 3.63) is 132 Å². The van der Waals surface area contributed by atoms with Gasteiger partial charge in [0.2, 0.25) is 0 Å². The molecule has 5 aromatic heterocycles. The molecule has 0 bridgehead atoms. The van der Waals surface area contributed by atoms with Crippen molar-refractivity contribution in [2.24, 2.45) is 0 Å². The molecule has 0 fully saturated rings. The van der Waals surface area contributed by atoms with Gasteiger partial charge < -0.3 is 13.5 Å². The second-order valence-electron chi connectivity index (χ2n) is 12.3. The van der Waals surface area contributed by atoms with Crippen molar-refractivity contribution < 1.29 is 25.8 Å². The minimum absolute atomic E-state index is 0. The van der Waals surface area contributed by atoms with Crippen molar-refractivity contribution in [3.63, 3.8) is 0 Å². The SMILES string of the molecule is Cc1cc(C)c(-c2cn3c4ccccc4c4ccc(Oc5[c-]c6c(cc5)c5cccc7c8cccnc8n6c57)[c-]c4c3n2)c(C)c1.[Pt+2]. The van der Waals surface area contributed by atoms with Gasteiger partial charge in [0.1, 0.15) is 5.65 Å². The molecule has 0 amide bonds. The van der Waals surface area contributed by atoms with Gasteiger partial charge in [0.05, 0.1) is 11.3 Å². The molecule has 47 heavy (non-hydrogen) atoms. The van der Waals surface area contributed by atoms with E-state index >= 15 is 0 Å². The third-order valence-corrected chi connectivity index (χ3v) is 9.42. The van der Waals surface area contributed by atoms with Crippen LogP contribution in [0.4, 0.5) is 0 Å². The number of nitrogens with zero attached hydrogens (tertiary/aromatic N) is 4. The predicted octanol–water partition coefficient (Wildman–Crippen LogP) is 10.2. The molecule has 0 saturated carbocycles. The van der Waals surface area contributed by atoms with Crippen molar-refractivity contribution in [1.29, 1.82) is 0 Å². The summed E-state index contributed by atoms with van der Waals surface area (Å²) in [5.41, 5.74) is 10.8. The number of aromatic nitrogens is 4. The fourth-order valence-corrected chi connectivity index (χ4v) is 7.65. The molecule has 0 spiro atoms. The van der Waals surface area contributed by atoms with E-state index in [-0.39, 0.29) is 21.1 Å². The normalized spacial score (nSPS) is 12.0. The summed E-state index contributed by atoms with van der Waals surface area (Å²) < 4.78 is 10.9. The third kappa shape index (κ3) is 3.93. The number of imidazole rings is 1. The van der Waals surface area contributed by atoms with Crippen LogP contribution in [-0.4, -0.2) is 18.8 Å². The molecule has 0 aliphatic heterocycles. The quantitative estimate of drug-likeness (QED) is 0.132. The molecule has 0 aliphatic carbocycles. The van der Waals surface area contributed by atoms with Crippen molar-refractivity contribution in [2.75, 3.05) is 0 Å². The molecule has 5 nitrogen and oxygen atoms in total. The van der Waals surface area contributed by atoms with Gasteiger partial charge in [-0.3, -0.25) is 4.98 Å². The summed E-state index contributed by atoms with van der Waals surface area (Å²) in [7, 11) is 0. The molecule has 0 radical (unpaired) electrons. The Hall–Kier alpha value is -5.25. The number of rotatable bonds is 3. The molecule has 5 heterocycles.